The van der Waals surface area contributed by atoms with Crippen LogP contribution in [0, 0.1) is 0 Å². The first-order valence-corrected chi connectivity index (χ1v) is 7.87. The third kappa shape index (κ3) is 5.26. The van der Waals surface area contributed by atoms with E-state index in [4.69, 9.17) is 5.11 Å². The average molecular weight is 299 g/mol. The van der Waals surface area contributed by atoms with Gasteiger partial charge in [0.15, 0.2) is 0 Å². The molecule has 2 rings (SSSR count). The molecule has 0 aliphatic rings. The normalized spacial score (nSPS) is 12.5. The molecule has 0 spiro atoms. The van der Waals surface area contributed by atoms with Gasteiger partial charge in [-0.25, -0.2) is 0 Å². The monoisotopic (exact) mass is 299 g/mol. The van der Waals surface area contributed by atoms with E-state index in [1.807, 2.05) is 36.4 Å². The summed E-state index contributed by atoms with van der Waals surface area (Å²) in [6.45, 7) is 1.87. The SMILES string of the molecule is OCCCC(CO)N(Cc1ccccc1)Cc1ccccc1. The molecule has 0 aromatic heterocycles. The van der Waals surface area contributed by atoms with E-state index in [2.05, 4.69) is 29.2 Å². The average Bonchev–Trinajstić information content (AvgIpc) is 2.57. The second kappa shape index (κ2) is 9.36. The standard InChI is InChI=1S/C19H25NO2/c21-13-7-12-19(16-22)20(14-17-8-3-1-4-9-17)15-18-10-5-2-6-11-18/h1-6,8-11,19,21-22H,7,12-16H2. The zero-order valence-electron chi connectivity index (χ0n) is 12.9. The van der Waals surface area contributed by atoms with E-state index >= 15 is 0 Å². The molecule has 0 heterocycles. The van der Waals surface area contributed by atoms with Crippen LogP contribution in [-0.4, -0.2) is 34.4 Å². The molecule has 0 saturated heterocycles. The minimum absolute atomic E-state index is 0.0626. The van der Waals surface area contributed by atoms with Crippen molar-refractivity contribution in [3.63, 3.8) is 0 Å². The van der Waals surface area contributed by atoms with Crippen LogP contribution in [0.15, 0.2) is 60.7 Å². The number of hydrogen-bond acceptors (Lipinski definition) is 3. The molecule has 0 amide bonds. The molecule has 2 aromatic carbocycles. The molecular formula is C19H25NO2. The highest BCUT2D eigenvalue weighted by Crippen LogP contribution is 2.16. The van der Waals surface area contributed by atoms with Crippen molar-refractivity contribution in [1.82, 2.24) is 4.90 Å². The maximum Gasteiger partial charge on any atom is 0.0587 e. The van der Waals surface area contributed by atoms with Crippen LogP contribution in [0.2, 0.25) is 0 Å². The van der Waals surface area contributed by atoms with Gasteiger partial charge in [-0.1, -0.05) is 60.7 Å². The van der Waals surface area contributed by atoms with E-state index in [1.165, 1.54) is 11.1 Å². The fourth-order valence-electron chi connectivity index (χ4n) is 2.67. The van der Waals surface area contributed by atoms with Gasteiger partial charge in [0.1, 0.15) is 0 Å². The lowest BCUT2D eigenvalue weighted by Crippen LogP contribution is -2.37. The van der Waals surface area contributed by atoms with Crippen molar-refractivity contribution in [1.29, 1.82) is 0 Å². The van der Waals surface area contributed by atoms with Gasteiger partial charge in [-0.2, -0.15) is 0 Å². The van der Waals surface area contributed by atoms with E-state index in [0.29, 0.717) is 6.42 Å². The summed E-state index contributed by atoms with van der Waals surface area (Å²) >= 11 is 0. The van der Waals surface area contributed by atoms with Crippen LogP contribution >= 0.6 is 0 Å². The molecule has 0 aliphatic carbocycles. The molecule has 1 atom stereocenters. The first-order chi connectivity index (χ1) is 10.8. The summed E-state index contributed by atoms with van der Waals surface area (Å²) in [4.78, 5) is 2.29. The van der Waals surface area contributed by atoms with Crippen LogP contribution in [0.25, 0.3) is 0 Å². The quantitative estimate of drug-likeness (QED) is 0.748. The Kier molecular flexibility index (Phi) is 7.10. The van der Waals surface area contributed by atoms with Crippen molar-refractivity contribution in [3.05, 3.63) is 71.8 Å². The van der Waals surface area contributed by atoms with Gasteiger partial charge >= 0.3 is 0 Å². The Hall–Kier alpha value is -1.68. The number of benzene rings is 2. The maximum atomic E-state index is 9.76. The smallest absolute Gasteiger partial charge is 0.0587 e. The fourth-order valence-corrected chi connectivity index (χ4v) is 2.67. The molecule has 0 radical (unpaired) electrons. The molecule has 0 bridgehead atoms. The summed E-state index contributed by atoms with van der Waals surface area (Å²) in [7, 11) is 0. The fraction of sp³-hybridized carbons (Fsp3) is 0.368. The highest BCUT2D eigenvalue weighted by Gasteiger charge is 2.18. The van der Waals surface area contributed by atoms with Crippen LogP contribution in [0.5, 0.6) is 0 Å². The summed E-state index contributed by atoms with van der Waals surface area (Å²) in [6.07, 6.45) is 1.51. The van der Waals surface area contributed by atoms with Gasteiger partial charge in [0.2, 0.25) is 0 Å². The molecule has 3 heteroatoms. The van der Waals surface area contributed by atoms with Crippen LogP contribution in [0.4, 0.5) is 0 Å². The topological polar surface area (TPSA) is 43.7 Å². The van der Waals surface area contributed by atoms with Gasteiger partial charge in [-0.3, -0.25) is 4.90 Å². The number of aliphatic hydroxyl groups is 2. The predicted molar refractivity (Wildman–Crippen MR) is 89.3 cm³/mol. The van der Waals surface area contributed by atoms with Crippen molar-refractivity contribution in [3.8, 4) is 0 Å². The van der Waals surface area contributed by atoms with Crippen molar-refractivity contribution in [2.75, 3.05) is 13.2 Å². The second-order valence-electron chi connectivity index (χ2n) is 5.58. The van der Waals surface area contributed by atoms with Gasteiger partial charge in [0, 0.05) is 25.7 Å². The van der Waals surface area contributed by atoms with Crippen molar-refractivity contribution in [2.24, 2.45) is 0 Å². The first kappa shape index (κ1) is 16.7. The Morgan fingerprint density at radius 1 is 0.773 bits per heavy atom. The molecule has 2 N–H and O–H groups in total. The summed E-state index contributed by atoms with van der Waals surface area (Å²) in [6, 6.07) is 20.7. The number of hydrogen-bond donors (Lipinski definition) is 2. The van der Waals surface area contributed by atoms with Gasteiger partial charge in [0.05, 0.1) is 6.61 Å². The molecule has 3 nitrogen and oxygen atoms in total. The van der Waals surface area contributed by atoms with Crippen molar-refractivity contribution < 1.29 is 10.2 Å². The Morgan fingerprint density at radius 3 is 1.68 bits per heavy atom. The minimum atomic E-state index is 0.0626. The molecule has 0 aliphatic heterocycles. The molecule has 22 heavy (non-hydrogen) atoms. The summed E-state index contributed by atoms with van der Waals surface area (Å²) in [5.41, 5.74) is 2.47. The van der Waals surface area contributed by atoms with E-state index in [9.17, 15) is 5.11 Å². The van der Waals surface area contributed by atoms with E-state index in [1.54, 1.807) is 0 Å². The zero-order chi connectivity index (χ0) is 15.6. The lowest BCUT2D eigenvalue weighted by atomic mass is 10.1. The largest absolute Gasteiger partial charge is 0.396 e. The lowest BCUT2D eigenvalue weighted by Gasteiger charge is -2.30. The van der Waals surface area contributed by atoms with Crippen molar-refractivity contribution >= 4 is 0 Å². The minimum Gasteiger partial charge on any atom is -0.396 e. The molecule has 2 aromatic rings. The van der Waals surface area contributed by atoms with E-state index in [0.717, 1.165) is 19.5 Å². The molecule has 118 valence electrons. The Labute approximate surface area is 132 Å². The third-order valence-corrected chi connectivity index (χ3v) is 3.88. The summed E-state index contributed by atoms with van der Waals surface area (Å²) in [5, 5.41) is 18.8. The van der Waals surface area contributed by atoms with Gasteiger partial charge in [-0.05, 0) is 24.0 Å². The van der Waals surface area contributed by atoms with Gasteiger partial charge in [-0.15, -0.1) is 0 Å². The van der Waals surface area contributed by atoms with Gasteiger partial charge < -0.3 is 10.2 Å². The first-order valence-electron chi connectivity index (χ1n) is 7.87. The lowest BCUT2D eigenvalue weighted by molar-refractivity contribution is 0.0969. The summed E-state index contributed by atoms with van der Waals surface area (Å²) in [5.74, 6) is 0. The second-order valence-corrected chi connectivity index (χ2v) is 5.58. The Balaban J connectivity index is 2.11. The Bertz CT molecular complexity index is 474. The highest BCUT2D eigenvalue weighted by atomic mass is 16.3. The maximum absolute atomic E-state index is 9.76. The number of aliphatic hydroxyl groups excluding tert-OH is 2. The zero-order valence-corrected chi connectivity index (χ0v) is 12.9. The Morgan fingerprint density at radius 2 is 1.27 bits per heavy atom. The molecule has 1 unspecified atom stereocenters. The van der Waals surface area contributed by atoms with E-state index in [-0.39, 0.29) is 19.3 Å². The summed E-state index contributed by atoms with van der Waals surface area (Å²) < 4.78 is 0. The van der Waals surface area contributed by atoms with Crippen LogP contribution in [0.3, 0.4) is 0 Å². The highest BCUT2D eigenvalue weighted by molar-refractivity contribution is 5.17. The number of nitrogens with zero attached hydrogens (tertiary/aromatic N) is 1. The van der Waals surface area contributed by atoms with Crippen LogP contribution in [-0.2, 0) is 13.1 Å². The van der Waals surface area contributed by atoms with Crippen LogP contribution in [0.1, 0.15) is 24.0 Å². The van der Waals surface area contributed by atoms with Crippen molar-refractivity contribution in [2.45, 2.75) is 32.0 Å². The molecule has 0 fully saturated rings. The predicted octanol–water partition coefficient (Wildman–Crippen LogP) is 2.82. The van der Waals surface area contributed by atoms with Gasteiger partial charge in [0.25, 0.3) is 0 Å². The van der Waals surface area contributed by atoms with Crippen LogP contribution < -0.4 is 0 Å². The molecular weight excluding hydrogens is 274 g/mol. The third-order valence-electron chi connectivity index (χ3n) is 3.88. The van der Waals surface area contributed by atoms with E-state index < -0.39 is 0 Å². The molecule has 0 saturated carbocycles. The number of rotatable bonds is 9.